The first-order chi connectivity index (χ1) is 18.2. The third-order valence-corrected chi connectivity index (χ3v) is 9.61. The van der Waals surface area contributed by atoms with Crippen molar-refractivity contribution in [2.24, 2.45) is 12.2 Å². The summed E-state index contributed by atoms with van der Waals surface area (Å²) in [7, 11) is 3.18. The maximum absolute atomic E-state index is 13.1. The van der Waals surface area contributed by atoms with Crippen LogP contribution in [0.2, 0.25) is 0 Å². The van der Waals surface area contributed by atoms with E-state index in [0.717, 1.165) is 46.9 Å². The van der Waals surface area contributed by atoms with Gasteiger partial charge in [0, 0.05) is 28.9 Å². The number of anilines is 2. The van der Waals surface area contributed by atoms with Gasteiger partial charge in [0.05, 0.1) is 12.7 Å². The van der Waals surface area contributed by atoms with Crippen LogP contribution < -0.4 is 21.4 Å². The highest BCUT2D eigenvalue weighted by atomic mass is 32.2. The number of thioether (sulfide) groups is 2. The number of carbonyl (C=O) groups excluding carboxylic acids is 2. The largest absolute Gasteiger partial charge is 0.477 e. The third-order valence-electron chi connectivity index (χ3n) is 6.49. The quantitative estimate of drug-likeness (QED) is 0.0818. The molecular weight excluding hydrogens is 552 g/mol. The summed E-state index contributed by atoms with van der Waals surface area (Å²) in [4.78, 5) is 52.8. The molecule has 1 saturated heterocycles. The predicted molar refractivity (Wildman–Crippen MR) is 142 cm³/mol. The molecule has 0 bridgehead atoms. The van der Waals surface area contributed by atoms with Gasteiger partial charge in [0.2, 0.25) is 0 Å². The summed E-state index contributed by atoms with van der Waals surface area (Å²) >= 11 is 3.95. The monoisotopic (exact) mass is 577 g/mol. The molecule has 0 spiro atoms. The number of aromatic nitrogens is 3. The van der Waals surface area contributed by atoms with Gasteiger partial charge in [0.25, 0.3) is 11.8 Å². The Labute approximate surface area is 229 Å². The smallest absolute Gasteiger partial charge is 0.390 e. The first-order valence-corrected chi connectivity index (χ1v) is 14.5. The first kappa shape index (κ1) is 26.2. The number of rotatable bonds is 8. The number of aliphatic carboxylic acids is 1. The fourth-order valence-corrected chi connectivity index (χ4v) is 7.81. The zero-order valence-corrected chi connectivity index (χ0v) is 22.9. The number of thiazole rings is 1. The number of carbonyl (C=O) groups is 3. The van der Waals surface area contributed by atoms with Crippen molar-refractivity contribution < 1.29 is 28.9 Å². The molecule has 2 aromatic heterocycles. The van der Waals surface area contributed by atoms with E-state index in [0.29, 0.717) is 23.0 Å². The van der Waals surface area contributed by atoms with Gasteiger partial charge in [-0.1, -0.05) is 21.9 Å². The summed E-state index contributed by atoms with van der Waals surface area (Å²) in [6.07, 6.45) is 2.84. The Morgan fingerprint density at radius 3 is 2.84 bits per heavy atom. The lowest BCUT2D eigenvalue weighted by atomic mass is 10.0. The zero-order chi connectivity index (χ0) is 27.1. The van der Waals surface area contributed by atoms with Crippen molar-refractivity contribution in [3.63, 3.8) is 0 Å². The molecule has 1 fully saturated rings. The average molecular weight is 578 g/mol. The van der Waals surface area contributed by atoms with Gasteiger partial charge in [-0.25, -0.2) is 14.3 Å². The molecule has 0 radical (unpaired) electrons. The van der Waals surface area contributed by atoms with Crippen molar-refractivity contribution in [2.75, 3.05) is 30.1 Å². The number of hydrogen-bond acceptors (Lipinski definition) is 12. The Morgan fingerprint density at radius 2 is 2.16 bits per heavy atom. The number of β-lactam (4-membered cyclic amide) rings is 1. The average Bonchev–Trinajstić information content (AvgIpc) is 3.56. The van der Waals surface area contributed by atoms with Crippen LogP contribution in [-0.4, -0.2) is 73.5 Å². The standard InChI is InChI=1S/C22H24N8O5S3/c1-29-12-5-3-4-10(12)17(27-21(29)23)36-6-9-7-37-19-14(18(32)30(19)15(9)20(33)34)26-16(31)13(28-35-2)11-8-38-22(24)25-11/h8,14,19,23H,3-7H2,1-2H3,(H4,24,25,26,31,33,34)/p+1/t14?,19-/m0/s1. The summed E-state index contributed by atoms with van der Waals surface area (Å²) in [6, 6.07) is -0.923. The molecule has 6 N–H and O–H groups in total. The normalized spacial score (nSPS) is 20.6. The Kier molecular flexibility index (Phi) is 7.19. The van der Waals surface area contributed by atoms with Crippen molar-refractivity contribution in [2.45, 2.75) is 35.7 Å². The highest BCUT2D eigenvalue weighted by Crippen LogP contribution is 2.42. The van der Waals surface area contributed by atoms with E-state index in [1.807, 2.05) is 11.6 Å². The SMILES string of the molecule is CON=C(C(=O)NC1C(=O)N2C(C(=O)O)=C(CSc3nc(N)[n+](C)c4c3CCC4)CS[C@@H]12)c1csc(N)n1. The number of fused-ring (bicyclic) bond motifs is 2. The maximum atomic E-state index is 13.1. The molecule has 200 valence electrons. The Balaban J connectivity index is 1.33. The minimum absolute atomic E-state index is 0.0547. The molecule has 5 rings (SSSR count). The van der Waals surface area contributed by atoms with Crippen LogP contribution in [0.4, 0.5) is 11.1 Å². The second kappa shape index (κ2) is 10.4. The molecule has 16 heteroatoms. The summed E-state index contributed by atoms with van der Waals surface area (Å²) in [5.41, 5.74) is 14.7. The molecule has 2 aliphatic heterocycles. The fourth-order valence-electron chi connectivity index (χ4n) is 4.68. The lowest BCUT2D eigenvalue weighted by Crippen LogP contribution is -2.71. The second-order valence-corrected chi connectivity index (χ2v) is 11.7. The molecule has 38 heavy (non-hydrogen) atoms. The topological polar surface area (TPSA) is 190 Å². The van der Waals surface area contributed by atoms with E-state index in [1.165, 1.54) is 35.5 Å². The van der Waals surface area contributed by atoms with E-state index in [1.54, 1.807) is 5.38 Å². The summed E-state index contributed by atoms with van der Waals surface area (Å²) in [5.74, 6) is -1.24. The molecular formula is C22H25N8O5S3+. The Bertz CT molecular complexity index is 1410. The van der Waals surface area contributed by atoms with Crippen molar-refractivity contribution in [3.05, 3.63) is 33.6 Å². The van der Waals surface area contributed by atoms with Crippen LogP contribution in [0.25, 0.3) is 0 Å². The summed E-state index contributed by atoms with van der Waals surface area (Å²) < 4.78 is 1.90. The van der Waals surface area contributed by atoms with Gasteiger partial charge in [0.1, 0.15) is 29.9 Å². The molecule has 1 unspecified atom stereocenters. The molecule has 1 aliphatic carbocycles. The Morgan fingerprint density at radius 1 is 1.37 bits per heavy atom. The van der Waals surface area contributed by atoms with E-state index < -0.39 is 29.2 Å². The fraction of sp³-hybridized carbons (Fsp3) is 0.409. The molecule has 2 amide bonds. The minimum atomic E-state index is -1.19. The second-order valence-electron chi connectivity index (χ2n) is 8.71. The number of hydrogen-bond donors (Lipinski definition) is 4. The number of nitrogens with one attached hydrogen (secondary N) is 1. The van der Waals surface area contributed by atoms with Crippen LogP contribution in [0.15, 0.2) is 26.8 Å². The van der Waals surface area contributed by atoms with Gasteiger partial charge < -0.3 is 21.0 Å². The Hall–Kier alpha value is -3.37. The van der Waals surface area contributed by atoms with Crippen LogP contribution in [0.1, 0.15) is 23.4 Å². The van der Waals surface area contributed by atoms with E-state index in [4.69, 9.17) is 16.3 Å². The minimum Gasteiger partial charge on any atom is -0.477 e. The van der Waals surface area contributed by atoms with Gasteiger partial charge in [-0.05, 0) is 18.4 Å². The van der Waals surface area contributed by atoms with Gasteiger partial charge in [-0.3, -0.25) is 20.2 Å². The lowest BCUT2D eigenvalue weighted by molar-refractivity contribution is -0.667. The maximum Gasteiger partial charge on any atom is 0.390 e. The van der Waals surface area contributed by atoms with Crippen molar-refractivity contribution >= 4 is 69.4 Å². The third kappa shape index (κ3) is 4.56. The van der Waals surface area contributed by atoms with Crippen LogP contribution in [0.5, 0.6) is 0 Å². The number of nitrogens with two attached hydrogens (primary N) is 2. The van der Waals surface area contributed by atoms with Crippen LogP contribution >= 0.6 is 34.9 Å². The van der Waals surface area contributed by atoms with Gasteiger partial charge in [-0.15, -0.1) is 23.1 Å². The van der Waals surface area contributed by atoms with Crippen LogP contribution in [0.3, 0.4) is 0 Å². The lowest BCUT2D eigenvalue weighted by Gasteiger charge is -2.49. The summed E-state index contributed by atoms with van der Waals surface area (Å²) in [5, 5.41) is 18.4. The summed E-state index contributed by atoms with van der Waals surface area (Å²) in [6.45, 7) is 0. The number of nitrogens with zero attached hydrogens (tertiary/aromatic N) is 5. The number of oxime groups is 1. The molecule has 13 nitrogen and oxygen atoms in total. The molecule has 0 aromatic carbocycles. The highest BCUT2D eigenvalue weighted by molar-refractivity contribution is 8.01. The van der Waals surface area contributed by atoms with Gasteiger partial charge in [-0.2, -0.15) is 0 Å². The van der Waals surface area contributed by atoms with E-state index in [9.17, 15) is 19.5 Å². The number of nitrogen functional groups attached to an aromatic ring is 2. The number of amides is 2. The van der Waals surface area contributed by atoms with E-state index in [2.05, 4.69) is 20.4 Å². The van der Waals surface area contributed by atoms with Gasteiger partial charge >= 0.3 is 11.9 Å². The van der Waals surface area contributed by atoms with E-state index in [-0.39, 0.29) is 22.2 Å². The molecule has 2 aromatic rings. The molecule has 4 heterocycles. The zero-order valence-electron chi connectivity index (χ0n) is 20.5. The van der Waals surface area contributed by atoms with Crippen molar-refractivity contribution in [1.29, 1.82) is 0 Å². The van der Waals surface area contributed by atoms with Gasteiger partial charge in [0.15, 0.2) is 15.9 Å². The van der Waals surface area contributed by atoms with E-state index >= 15 is 0 Å². The number of carboxylic acid groups (broad SMARTS) is 1. The highest BCUT2D eigenvalue weighted by Gasteiger charge is 2.54. The molecule has 2 atom stereocenters. The van der Waals surface area contributed by atoms with Crippen molar-refractivity contribution in [1.82, 2.24) is 20.2 Å². The van der Waals surface area contributed by atoms with Crippen LogP contribution in [0, 0.1) is 0 Å². The first-order valence-electron chi connectivity index (χ1n) is 11.5. The van der Waals surface area contributed by atoms with Crippen molar-refractivity contribution in [3.8, 4) is 0 Å². The number of carboxylic acids is 1. The predicted octanol–water partition coefficient (Wildman–Crippen LogP) is -0.103. The molecule has 0 saturated carbocycles. The molecule has 3 aliphatic rings. The van der Waals surface area contributed by atoms with Crippen LogP contribution in [-0.2, 0) is 39.1 Å².